The zero-order valence-corrected chi connectivity index (χ0v) is 7.71. The topological polar surface area (TPSA) is 64.3 Å². The quantitative estimate of drug-likeness (QED) is 0.414. The second-order valence-electron chi connectivity index (χ2n) is 2.46. The van der Waals surface area contributed by atoms with Crippen LogP contribution >= 0.6 is 0 Å². The van der Waals surface area contributed by atoms with E-state index in [1.165, 1.54) is 0 Å². The van der Waals surface area contributed by atoms with Gasteiger partial charge >= 0.3 is 0 Å². The highest BCUT2D eigenvalue weighted by atomic mass is 16.5. The van der Waals surface area contributed by atoms with Crippen molar-refractivity contribution in [1.29, 1.82) is 0 Å². The third-order valence-electron chi connectivity index (χ3n) is 1.33. The number of hydrogen-bond donors (Lipinski definition) is 2. The van der Waals surface area contributed by atoms with Crippen molar-refractivity contribution in [3.05, 3.63) is 0 Å². The maximum absolute atomic E-state index is 10.9. The summed E-state index contributed by atoms with van der Waals surface area (Å²) in [7, 11) is 0. The fourth-order valence-corrected chi connectivity index (χ4v) is 0.722. The fourth-order valence-electron chi connectivity index (χ4n) is 0.722. The summed E-state index contributed by atoms with van der Waals surface area (Å²) >= 11 is 0. The molecule has 74 valence electrons. The predicted octanol–water partition coefficient (Wildman–Crippen LogP) is -0.509. The Kier molecular flexibility index (Phi) is 8.31. The molecule has 0 aromatic carbocycles. The number of amides is 1. The highest BCUT2D eigenvalue weighted by Crippen LogP contribution is 1.84. The summed E-state index contributed by atoms with van der Waals surface area (Å²) < 4.78 is 5.06. The van der Waals surface area contributed by atoms with Crippen LogP contribution in [0.1, 0.15) is 12.8 Å². The molecule has 0 bridgehead atoms. The zero-order chi connectivity index (χ0) is 9.94. The Hall–Kier alpha value is -1.05. The van der Waals surface area contributed by atoms with Crippen LogP contribution in [0.4, 0.5) is 0 Å². The van der Waals surface area contributed by atoms with E-state index in [2.05, 4.69) is 11.2 Å². The molecule has 0 saturated carbocycles. The minimum Gasteiger partial charge on any atom is -0.378 e. The molecule has 0 aromatic heterocycles. The Morgan fingerprint density at radius 3 is 2.92 bits per heavy atom. The largest absolute Gasteiger partial charge is 0.378 e. The van der Waals surface area contributed by atoms with Gasteiger partial charge in [-0.05, 0) is 0 Å². The van der Waals surface area contributed by atoms with E-state index < -0.39 is 0 Å². The van der Waals surface area contributed by atoms with E-state index in [0.29, 0.717) is 39.1 Å². The lowest BCUT2D eigenvalue weighted by Crippen LogP contribution is -2.27. The van der Waals surface area contributed by atoms with Crippen molar-refractivity contribution >= 4 is 5.91 Å². The molecule has 3 N–H and O–H groups in total. The van der Waals surface area contributed by atoms with Gasteiger partial charge in [0.2, 0.25) is 5.91 Å². The van der Waals surface area contributed by atoms with Crippen molar-refractivity contribution < 1.29 is 9.53 Å². The molecule has 0 aliphatic carbocycles. The van der Waals surface area contributed by atoms with Crippen molar-refractivity contribution in [2.75, 3.05) is 26.3 Å². The van der Waals surface area contributed by atoms with Gasteiger partial charge in [-0.25, -0.2) is 0 Å². The average molecular weight is 184 g/mol. The summed E-state index contributed by atoms with van der Waals surface area (Å²) in [5.74, 6) is 2.37. The first-order chi connectivity index (χ1) is 6.31. The van der Waals surface area contributed by atoms with Crippen LogP contribution in [0, 0.1) is 12.3 Å². The van der Waals surface area contributed by atoms with Crippen LogP contribution in [0.15, 0.2) is 0 Å². The number of hydrogen-bond acceptors (Lipinski definition) is 3. The van der Waals surface area contributed by atoms with Gasteiger partial charge in [-0.3, -0.25) is 4.79 Å². The second kappa shape index (κ2) is 9.04. The molecular weight excluding hydrogens is 168 g/mol. The Morgan fingerprint density at radius 1 is 1.54 bits per heavy atom. The van der Waals surface area contributed by atoms with E-state index in [1.54, 1.807) is 0 Å². The minimum absolute atomic E-state index is 0.0331. The molecule has 0 fully saturated rings. The normalized spacial score (nSPS) is 9.23. The van der Waals surface area contributed by atoms with Crippen molar-refractivity contribution in [2.24, 2.45) is 5.73 Å². The number of terminal acetylenes is 1. The summed E-state index contributed by atoms with van der Waals surface area (Å²) in [4.78, 5) is 10.9. The van der Waals surface area contributed by atoms with Gasteiger partial charge in [0.05, 0.1) is 13.2 Å². The SMILES string of the molecule is C#CCCC(=O)NCCOCCN. The number of nitrogens with two attached hydrogens (primary N) is 1. The number of ether oxygens (including phenoxy) is 1. The van der Waals surface area contributed by atoms with Crippen molar-refractivity contribution in [2.45, 2.75) is 12.8 Å². The van der Waals surface area contributed by atoms with Crippen LogP contribution in [-0.2, 0) is 9.53 Å². The molecule has 0 atom stereocenters. The van der Waals surface area contributed by atoms with Crippen LogP contribution < -0.4 is 11.1 Å². The highest BCUT2D eigenvalue weighted by Gasteiger charge is 1.97. The first-order valence-electron chi connectivity index (χ1n) is 4.29. The Bertz CT molecular complexity index is 175. The standard InChI is InChI=1S/C9H16N2O2/c1-2-3-4-9(12)11-6-8-13-7-5-10/h1H,3-8,10H2,(H,11,12). The average Bonchev–Trinajstić information content (AvgIpc) is 2.14. The molecule has 13 heavy (non-hydrogen) atoms. The molecule has 0 saturated heterocycles. The number of carbonyl (C=O) groups is 1. The van der Waals surface area contributed by atoms with E-state index in [0.717, 1.165) is 0 Å². The molecule has 0 aliphatic heterocycles. The van der Waals surface area contributed by atoms with E-state index in [4.69, 9.17) is 16.9 Å². The Balaban J connectivity index is 3.13. The third kappa shape index (κ3) is 8.86. The van der Waals surface area contributed by atoms with Crippen LogP contribution in [0.5, 0.6) is 0 Å². The Labute approximate surface area is 78.8 Å². The smallest absolute Gasteiger partial charge is 0.221 e. The van der Waals surface area contributed by atoms with Crippen molar-refractivity contribution in [3.8, 4) is 12.3 Å². The van der Waals surface area contributed by atoms with E-state index in [1.807, 2.05) is 0 Å². The first-order valence-corrected chi connectivity index (χ1v) is 4.29. The van der Waals surface area contributed by atoms with Gasteiger partial charge in [-0.2, -0.15) is 0 Å². The van der Waals surface area contributed by atoms with Gasteiger partial charge in [0.1, 0.15) is 0 Å². The number of carbonyl (C=O) groups excluding carboxylic acids is 1. The molecule has 0 spiro atoms. The lowest BCUT2D eigenvalue weighted by molar-refractivity contribution is -0.121. The van der Waals surface area contributed by atoms with Gasteiger partial charge in [-0.15, -0.1) is 12.3 Å². The molecule has 0 radical (unpaired) electrons. The summed E-state index contributed by atoms with van der Waals surface area (Å²) in [6, 6.07) is 0. The highest BCUT2D eigenvalue weighted by molar-refractivity contribution is 5.76. The summed E-state index contributed by atoms with van der Waals surface area (Å²) in [6.45, 7) is 2.05. The molecule has 4 heteroatoms. The maximum atomic E-state index is 10.9. The molecule has 0 rings (SSSR count). The second-order valence-corrected chi connectivity index (χ2v) is 2.46. The van der Waals surface area contributed by atoms with Gasteiger partial charge in [0.25, 0.3) is 0 Å². The summed E-state index contributed by atoms with van der Waals surface area (Å²) in [5.41, 5.74) is 5.20. The monoisotopic (exact) mass is 184 g/mol. The van der Waals surface area contributed by atoms with Crippen molar-refractivity contribution in [1.82, 2.24) is 5.32 Å². The van der Waals surface area contributed by atoms with E-state index >= 15 is 0 Å². The molecule has 0 aromatic rings. The molecule has 0 heterocycles. The lowest BCUT2D eigenvalue weighted by Gasteiger charge is -2.04. The summed E-state index contributed by atoms with van der Waals surface area (Å²) in [6.07, 6.45) is 5.87. The van der Waals surface area contributed by atoms with E-state index in [9.17, 15) is 4.79 Å². The number of nitrogens with one attached hydrogen (secondary N) is 1. The number of rotatable bonds is 7. The maximum Gasteiger partial charge on any atom is 0.221 e. The van der Waals surface area contributed by atoms with Crippen molar-refractivity contribution in [3.63, 3.8) is 0 Å². The first kappa shape index (κ1) is 11.9. The minimum atomic E-state index is -0.0331. The van der Waals surface area contributed by atoms with Crippen LogP contribution in [0.2, 0.25) is 0 Å². The van der Waals surface area contributed by atoms with Crippen LogP contribution in [0.3, 0.4) is 0 Å². The van der Waals surface area contributed by atoms with Gasteiger partial charge < -0.3 is 15.8 Å². The predicted molar refractivity (Wildman–Crippen MR) is 51.0 cm³/mol. The molecule has 1 amide bonds. The van der Waals surface area contributed by atoms with Crippen LogP contribution in [0.25, 0.3) is 0 Å². The summed E-state index contributed by atoms with van der Waals surface area (Å²) in [5, 5.41) is 2.68. The van der Waals surface area contributed by atoms with Crippen LogP contribution in [-0.4, -0.2) is 32.2 Å². The molecule has 4 nitrogen and oxygen atoms in total. The lowest BCUT2D eigenvalue weighted by atomic mass is 10.3. The van der Waals surface area contributed by atoms with Gasteiger partial charge in [0.15, 0.2) is 0 Å². The third-order valence-corrected chi connectivity index (χ3v) is 1.33. The molecule has 0 aliphatic rings. The molecule has 0 unspecified atom stereocenters. The fraction of sp³-hybridized carbons (Fsp3) is 0.667. The molecular formula is C9H16N2O2. The van der Waals surface area contributed by atoms with Gasteiger partial charge in [0, 0.05) is 25.9 Å². The van der Waals surface area contributed by atoms with E-state index in [-0.39, 0.29) is 5.91 Å². The Morgan fingerprint density at radius 2 is 2.31 bits per heavy atom. The zero-order valence-electron chi connectivity index (χ0n) is 7.71. The van der Waals surface area contributed by atoms with Gasteiger partial charge in [-0.1, -0.05) is 0 Å².